The second-order valence-corrected chi connectivity index (χ2v) is 4.62. The summed E-state index contributed by atoms with van der Waals surface area (Å²) < 4.78 is 4.92. The van der Waals surface area contributed by atoms with Crippen molar-refractivity contribution in [1.82, 2.24) is 10.6 Å². The highest BCUT2D eigenvalue weighted by molar-refractivity contribution is 5.80. The molecule has 0 aromatic heterocycles. The van der Waals surface area contributed by atoms with Crippen LogP contribution >= 0.6 is 0 Å². The number of carbonyl (C=O) groups is 2. The number of carbonyl (C=O) groups excluding carboxylic acids is 1. The number of ether oxygens (including phenoxy) is 1. The molecule has 4 N–H and O–H groups in total. The Morgan fingerprint density at radius 2 is 1.88 bits per heavy atom. The number of carboxylic acids is 1. The van der Waals surface area contributed by atoms with Gasteiger partial charge in [0.2, 0.25) is 0 Å². The number of amides is 1. The Bertz CT molecular complexity index is 272. The van der Waals surface area contributed by atoms with Gasteiger partial charge in [-0.1, -0.05) is 0 Å². The lowest BCUT2D eigenvalue weighted by Crippen LogP contribution is -2.50. The minimum Gasteiger partial charge on any atom is -0.480 e. The van der Waals surface area contributed by atoms with Crippen LogP contribution in [0.2, 0.25) is 0 Å². The van der Waals surface area contributed by atoms with Crippen LogP contribution in [-0.2, 0) is 9.53 Å². The van der Waals surface area contributed by atoms with Gasteiger partial charge in [0.1, 0.15) is 17.9 Å². The fraction of sp³-hybridized carbons (Fsp3) is 0.800. The number of hydrogen-bond donors (Lipinski definition) is 4. The molecule has 0 unspecified atom stereocenters. The Hall–Kier alpha value is -1.34. The van der Waals surface area contributed by atoms with Crippen LogP contribution < -0.4 is 10.6 Å². The first-order chi connectivity index (χ1) is 7.61. The molecule has 0 aliphatic heterocycles. The maximum absolute atomic E-state index is 11.3. The monoisotopic (exact) mass is 248 g/mol. The quantitative estimate of drug-likeness (QED) is 0.506. The molecule has 0 saturated heterocycles. The van der Waals surface area contributed by atoms with Gasteiger partial charge in [-0.2, -0.15) is 0 Å². The van der Waals surface area contributed by atoms with Crippen molar-refractivity contribution < 1.29 is 24.5 Å². The molecular formula is C10H20N2O5. The van der Waals surface area contributed by atoms with Crippen LogP contribution in [0.25, 0.3) is 0 Å². The lowest BCUT2D eigenvalue weighted by molar-refractivity contribution is -0.139. The van der Waals surface area contributed by atoms with Gasteiger partial charge in [0.25, 0.3) is 0 Å². The third kappa shape index (κ3) is 8.47. The van der Waals surface area contributed by atoms with Crippen molar-refractivity contribution in [2.45, 2.75) is 45.6 Å². The zero-order valence-electron chi connectivity index (χ0n) is 10.5. The largest absolute Gasteiger partial charge is 0.480 e. The molecule has 0 aliphatic carbocycles. The zero-order valence-corrected chi connectivity index (χ0v) is 10.5. The van der Waals surface area contributed by atoms with Crippen molar-refractivity contribution >= 4 is 12.1 Å². The topological polar surface area (TPSA) is 108 Å². The number of alkyl carbamates (subject to hydrolysis) is 1. The standard InChI is InChI=1S/C10H20N2O5/c1-6(13)11-5-7(8(14)15)12-9(16)17-10(2,3)4/h6-7,11,13H,5H2,1-4H3,(H,12,16)(H,14,15)/t6-,7+/m0/s1. The van der Waals surface area contributed by atoms with Crippen LogP contribution in [0.1, 0.15) is 27.7 Å². The summed E-state index contributed by atoms with van der Waals surface area (Å²) in [5, 5.41) is 22.5. The summed E-state index contributed by atoms with van der Waals surface area (Å²) in [6, 6.07) is -1.15. The second kappa shape index (κ2) is 6.41. The summed E-state index contributed by atoms with van der Waals surface area (Å²) in [6.45, 7) is 6.39. The molecule has 17 heavy (non-hydrogen) atoms. The zero-order chi connectivity index (χ0) is 13.6. The predicted molar refractivity (Wildman–Crippen MR) is 60.5 cm³/mol. The van der Waals surface area contributed by atoms with E-state index in [1.54, 1.807) is 20.8 Å². The maximum atomic E-state index is 11.3. The number of aliphatic hydroxyl groups is 1. The average molecular weight is 248 g/mol. The summed E-state index contributed by atoms with van der Waals surface area (Å²) >= 11 is 0. The van der Waals surface area contributed by atoms with Crippen LogP contribution in [0.15, 0.2) is 0 Å². The molecule has 0 radical (unpaired) electrons. The first-order valence-electron chi connectivity index (χ1n) is 5.25. The molecule has 0 fully saturated rings. The first-order valence-corrected chi connectivity index (χ1v) is 5.25. The van der Waals surface area contributed by atoms with Crippen molar-refractivity contribution in [1.29, 1.82) is 0 Å². The molecule has 100 valence electrons. The lowest BCUT2D eigenvalue weighted by Gasteiger charge is -2.22. The van der Waals surface area contributed by atoms with Gasteiger partial charge < -0.3 is 20.3 Å². The molecule has 0 heterocycles. The third-order valence-corrected chi connectivity index (χ3v) is 1.61. The molecule has 0 saturated carbocycles. The molecule has 7 heteroatoms. The molecule has 0 aliphatic rings. The second-order valence-electron chi connectivity index (χ2n) is 4.62. The summed E-state index contributed by atoms with van der Waals surface area (Å²) in [5.74, 6) is -1.20. The van der Waals surface area contributed by atoms with Gasteiger partial charge in [-0.15, -0.1) is 0 Å². The van der Waals surface area contributed by atoms with E-state index in [2.05, 4.69) is 10.6 Å². The van der Waals surface area contributed by atoms with E-state index in [9.17, 15) is 9.59 Å². The molecule has 2 atom stereocenters. The Balaban J connectivity index is 4.26. The third-order valence-electron chi connectivity index (χ3n) is 1.61. The van der Waals surface area contributed by atoms with Crippen LogP contribution in [-0.4, -0.2) is 46.7 Å². The van der Waals surface area contributed by atoms with Crippen molar-refractivity contribution in [2.75, 3.05) is 6.54 Å². The summed E-state index contributed by atoms with van der Waals surface area (Å²) in [4.78, 5) is 22.2. The highest BCUT2D eigenvalue weighted by Crippen LogP contribution is 2.06. The molecular weight excluding hydrogens is 228 g/mol. The molecule has 7 nitrogen and oxygen atoms in total. The van der Waals surface area contributed by atoms with Gasteiger partial charge in [0, 0.05) is 6.54 Å². The lowest BCUT2D eigenvalue weighted by atomic mass is 10.2. The van der Waals surface area contributed by atoms with Gasteiger partial charge in [0.15, 0.2) is 0 Å². The number of rotatable bonds is 5. The first kappa shape index (κ1) is 15.7. The number of carboxylic acid groups (broad SMARTS) is 1. The maximum Gasteiger partial charge on any atom is 0.408 e. The van der Waals surface area contributed by atoms with Crippen LogP contribution in [0, 0.1) is 0 Å². The normalized spacial score (nSPS) is 14.9. The van der Waals surface area contributed by atoms with E-state index in [1.165, 1.54) is 6.92 Å². The van der Waals surface area contributed by atoms with Crippen LogP contribution in [0.4, 0.5) is 4.79 Å². The van der Waals surface area contributed by atoms with Gasteiger partial charge >= 0.3 is 12.1 Å². The van der Waals surface area contributed by atoms with E-state index in [1.807, 2.05) is 0 Å². The Morgan fingerprint density at radius 1 is 1.35 bits per heavy atom. The van der Waals surface area contributed by atoms with Crippen molar-refractivity contribution in [2.24, 2.45) is 0 Å². The smallest absolute Gasteiger partial charge is 0.408 e. The fourth-order valence-electron chi connectivity index (χ4n) is 0.938. The molecule has 1 amide bonds. The van der Waals surface area contributed by atoms with Gasteiger partial charge in [-0.05, 0) is 27.7 Å². The molecule has 0 aromatic carbocycles. The van der Waals surface area contributed by atoms with Crippen molar-refractivity contribution in [3.63, 3.8) is 0 Å². The molecule has 0 bridgehead atoms. The summed E-state index contributed by atoms with van der Waals surface area (Å²) in [6.07, 6.45) is -1.66. The summed E-state index contributed by atoms with van der Waals surface area (Å²) in [7, 11) is 0. The van der Waals surface area contributed by atoms with Crippen LogP contribution in [0.5, 0.6) is 0 Å². The number of nitrogens with one attached hydrogen (secondary N) is 2. The van der Waals surface area contributed by atoms with Crippen molar-refractivity contribution in [3.05, 3.63) is 0 Å². The molecule has 0 aromatic rings. The van der Waals surface area contributed by atoms with Crippen molar-refractivity contribution in [3.8, 4) is 0 Å². The Morgan fingerprint density at radius 3 is 2.24 bits per heavy atom. The number of aliphatic carboxylic acids is 1. The van der Waals surface area contributed by atoms with E-state index < -0.39 is 29.9 Å². The summed E-state index contributed by atoms with van der Waals surface area (Å²) in [5.41, 5.74) is -0.690. The predicted octanol–water partition coefficient (Wildman–Crippen LogP) is -0.108. The fourth-order valence-corrected chi connectivity index (χ4v) is 0.938. The highest BCUT2D eigenvalue weighted by atomic mass is 16.6. The Kier molecular flexibility index (Phi) is 5.90. The van der Waals surface area contributed by atoms with Gasteiger partial charge in [0.05, 0.1) is 0 Å². The number of aliphatic hydroxyl groups excluding tert-OH is 1. The van der Waals surface area contributed by atoms with Gasteiger partial charge in [-0.3, -0.25) is 5.32 Å². The van der Waals surface area contributed by atoms with E-state index in [0.717, 1.165) is 0 Å². The van der Waals surface area contributed by atoms with E-state index in [-0.39, 0.29) is 6.54 Å². The minimum absolute atomic E-state index is 0.0910. The van der Waals surface area contributed by atoms with Crippen LogP contribution in [0.3, 0.4) is 0 Å². The number of hydrogen-bond acceptors (Lipinski definition) is 5. The van der Waals surface area contributed by atoms with E-state index >= 15 is 0 Å². The average Bonchev–Trinajstić information content (AvgIpc) is 2.08. The highest BCUT2D eigenvalue weighted by Gasteiger charge is 2.23. The SMILES string of the molecule is C[C@H](O)NC[C@@H](NC(=O)OC(C)(C)C)C(=O)O. The molecule has 0 spiro atoms. The Labute approximate surface area is 100 Å². The molecule has 0 rings (SSSR count). The van der Waals surface area contributed by atoms with E-state index in [4.69, 9.17) is 14.9 Å². The van der Waals surface area contributed by atoms with E-state index in [0.29, 0.717) is 0 Å². The minimum atomic E-state index is -1.20. The van der Waals surface area contributed by atoms with Gasteiger partial charge in [-0.25, -0.2) is 9.59 Å².